The SMILES string of the molecule is CCC/C=C\CCCCCCCC(=O)OC(COC(=O)CCCCCCCCCC)COC(OCC[N+](C)(C)C)C(=O)[O-]. The van der Waals surface area contributed by atoms with Gasteiger partial charge in [0.2, 0.25) is 0 Å². The monoisotopic (exact) mass is 613 g/mol. The zero-order valence-electron chi connectivity index (χ0n) is 28.1. The highest BCUT2D eigenvalue weighted by Crippen LogP contribution is 2.12. The molecule has 0 spiro atoms. The van der Waals surface area contributed by atoms with E-state index in [1.807, 2.05) is 21.1 Å². The van der Waals surface area contributed by atoms with Gasteiger partial charge in [-0.05, 0) is 32.1 Å². The van der Waals surface area contributed by atoms with Crippen LogP contribution in [0.15, 0.2) is 12.2 Å². The summed E-state index contributed by atoms with van der Waals surface area (Å²) in [6.07, 6.45) is 19.8. The number of carbonyl (C=O) groups is 3. The molecule has 43 heavy (non-hydrogen) atoms. The molecular formula is C34H63NO8. The first-order valence-corrected chi connectivity index (χ1v) is 16.8. The van der Waals surface area contributed by atoms with Gasteiger partial charge in [0.15, 0.2) is 12.4 Å². The number of carbonyl (C=O) groups excluding carboxylic acids is 3. The maximum atomic E-state index is 12.5. The molecule has 0 saturated heterocycles. The number of unbranched alkanes of at least 4 members (excludes halogenated alkanes) is 13. The number of carboxylic acids is 1. The summed E-state index contributed by atoms with van der Waals surface area (Å²) in [5, 5.41) is 11.6. The second kappa shape index (κ2) is 27.6. The van der Waals surface area contributed by atoms with Crippen molar-refractivity contribution in [3.05, 3.63) is 12.2 Å². The average molecular weight is 614 g/mol. The second-order valence-electron chi connectivity index (χ2n) is 12.5. The first-order chi connectivity index (χ1) is 20.6. The van der Waals surface area contributed by atoms with Gasteiger partial charge < -0.3 is 33.3 Å². The van der Waals surface area contributed by atoms with Gasteiger partial charge in [-0.3, -0.25) is 9.59 Å². The van der Waals surface area contributed by atoms with Crippen molar-refractivity contribution in [3.8, 4) is 0 Å². The Bertz CT molecular complexity index is 734. The van der Waals surface area contributed by atoms with Gasteiger partial charge in [0.05, 0.1) is 40.3 Å². The number of quaternary nitrogens is 1. The van der Waals surface area contributed by atoms with E-state index in [0.29, 0.717) is 23.9 Å². The van der Waals surface area contributed by atoms with E-state index in [9.17, 15) is 19.5 Å². The third-order valence-electron chi connectivity index (χ3n) is 6.99. The van der Waals surface area contributed by atoms with Crippen LogP contribution in [0.3, 0.4) is 0 Å². The van der Waals surface area contributed by atoms with E-state index in [0.717, 1.165) is 57.8 Å². The van der Waals surface area contributed by atoms with Crippen molar-refractivity contribution in [2.75, 3.05) is 47.5 Å². The summed E-state index contributed by atoms with van der Waals surface area (Å²) in [4.78, 5) is 36.4. The summed E-state index contributed by atoms with van der Waals surface area (Å²) < 4.78 is 22.3. The Labute approximate surface area is 262 Å². The summed E-state index contributed by atoms with van der Waals surface area (Å²) in [6.45, 7) is 4.59. The first-order valence-electron chi connectivity index (χ1n) is 16.8. The molecule has 0 aromatic rings. The van der Waals surface area contributed by atoms with Crippen LogP contribution >= 0.6 is 0 Å². The van der Waals surface area contributed by atoms with Gasteiger partial charge in [-0.25, -0.2) is 0 Å². The van der Waals surface area contributed by atoms with Crippen molar-refractivity contribution in [3.63, 3.8) is 0 Å². The van der Waals surface area contributed by atoms with Crippen molar-refractivity contribution in [2.45, 2.75) is 142 Å². The minimum absolute atomic E-state index is 0.148. The molecule has 0 fully saturated rings. The quantitative estimate of drug-likeness (QED) is 0.0325. The molecule has 9 nitrogen and oxygen atoms in total. The standard InChI is InChI=1S/C34H63NO8/c1-6-8-10-12-14-16-17-19-21-23-25-32(37)43-30(29-42-34(33(38)39)40-27-26-35(3,4)5)28-41-31(36)24-22-20-18-15-13-11-9-7-2/h10,12,30,34H,6-9,11,13-29H2,1-5H3/b12-10-. The number of ether oxygens (including phenoxy) is 4. The number of allylic oxidation sites excluding steroid dienone is 2. The average Bonchev–Trinajstić information content (AvgIpc) is 2.94. The van der Waals surface area contributed by atoms with Crippen LogP contribution in [0.25, 0.3) is 0 Å². The first kappa shape index (κ1) is 41.0. The molecule has 0 rings (SSSR count). The highest BCUT2D eigenvalue weighted by molar-refractivity contribution is 5.70. The minimum Gasteiger partial charge on any atom is -0.545 e. The maximum absolute atomic E-state index is 12.5. The highest BCUT2D eigenvalue weighted by atomic mass is 16.7. The van der Waals surface area contributed by atoms with Crippen LogP contribution in [0.5, 0.6) is 0 Å². The zero-order chi connectivity index (χ0) is 32.2. The Kier molecular flexibility index (Phi) is 26.3. The number of hydrogen-bond donors (Lipinski definition) is 0. The van der Waals surface area contributed by atoms with Crippen LogP contribution in [-0.2, 0) is 33.3 Å². The molecule has 2 unspecified atom stereocenters. The molecule has 2 atom stereocenters. The molecule has 0 aliphatic carbocycles. The van der Waals surface area contributed by atoms with Crippen LogP contribution in [0.4, 0.5) is 0 Å². The molecule has 0 amide bonds. The normalized spacial score (nSPS) is 13.2. The lowest BCUT2D eigenvalue weighted by Gasteiger charge is -2.26. The maximum Gasteiger partial charge on any atom is 0.306 e. The fourth-order valence-corrected chi connectivity index (χ4v) is 4.30. The van der Waals surface area contributed by atoms with Crippen LogP contribution in [0.1, 0.15) is 129 Å². The van der Waals surface area contributed by atoms with E-state index in [1.165, 1.54) is 38.5 Å². The number of nitrogens with zero attached hydrogens (tertiary/aromatic N) is 1. The molecule has 0 radical (unpaired) electrons. The third-order valence-corrected chi connectivity index (χ3v) is 6.99. The largest absolute Gasteiger partial charge is 0.545 e. The fourth-order valence-electron chi connectivity index (χ4n) is 4.30. The Balaban J connectivity index is 4.64. The van der Waals surface area contributed by atoms with E-state index in [4.69, 9.17) is 18.9 Å². The van der Waals surface area contributed by atoms with Crippen molar-refractivity contribution >= 4 is 17.9 Å². The fraction of sp³-hybridized carbons (Fsp3) is 0.853. The molecule has 0 heterocycles. The van der Waals surface area contributed by atoms with E-state index < -0.39 is 24.3 Å². The van der Waals surface area contributed by atoms with Crippen molar-refractivity contribution in [2.24, 2.45) is 0 Å². The molecule has 0 N–H and O–H groups in total. The van der Waals surface area contributed by atoms with E-state index >= 15 is 0 Å². The Hall–Kier alpha value is -1.97. The van der Waals surface area contributed by atoms with Crippen LogP contribution < -0.4 is 5.11 Å². The van der Waals surface area contributed by atoms with E-state index in [1.54, 1.807) is 0 Å². The number of rotatable bonds is 30. The summed E-state index contributed by atoms with van der Waals surface area (Å²) in [6, 6.07) is 0. The van der Waals surface area contributed by atoms with Gasteiger partial charge >= 0.3 is 11.9 Å². The predicted octanol–water partition coefficient (Wildman–Crippen LogP) is 5.87. The summed E-state index contributed by atoms with van der Waals surface area (Å²) >= 11 is 0. The number of aliphatic carboxylic acids is 1. The molecule has 0 aromatic carbocycles. The van der Waals surface area contributed by atoms with Gasteiger partial charge in [-0.15, -0.1) is 0 Å². The van der Waals surface area contributed by atoms with Crippen LogP contribution in [0, 0.1) is 0 Å². The highest BCUT2D eigenvalue weighted by Gasteiger charge is 2.21. The van der Waals surface area contributed by atoms with Crippen molar-refractivity contribution in [1.82, 2.24) is 0 Å². The molecule has 252 valence electrons. The predicted molar refractivity (Wildman–Crippen MR) is 168 cm³/mol. The summed E-state index contributed by atoms with van der Waals surface area (Å²) in [5.74, 6) is -2.31. The van der Waals surface area contributed by atoms with Gasteiger partial charge in [0.1, 0.15) is 13.2 Å². The lowest BCUT2D eigenvalue weighted by molar-refractivity contribution is -0.870. The molecule has 0 bridgehead atoms. The zero-order valence-corrected chi connectivity index (χ0v) is 28.1. The Morgan fingerprint density at radius 3 is 1.81 bits per heavy atom. The third kappa shape index (κ3) is 28.6. The lowest BCUT2D eigenvalue weighted by Crippen LogP contribution is -2.44. The molecule has 0 aliphatic heterocycles. The Morgan fingerprint density at radius 2 is 1.23 bits per heavy atom. The molecular weight excluding hydrogens is 550 g/mol. The van der Waals surface area contributed by atoms with Crippen LogP contribution in [0.2, 0.25) is 0 Å². The molecule has 0 aromatic heterocycles. The van der Waals surface area contributed by atoms with Gasteiger partial charge in [0, 0.05) is 12.8 Å². The van der Waals surface area contributed by atoms with E-state index in [2.05, 4.69) is 26.0 Å². The van der Waals surface area contributed by atoms with Gasteiger partial charge in [0.25, 0.3) is 0 Å². The van der Waals surface area contributed by atoms with E-state index in [-0.39, 0.29) is 32.2 Å². The minimum atomic E-state index is -1.61. The number of likely N-dealkylation sites (N-methyl/N-ethyl adjacent to an activating group) is 1. The van der Waals surface area contributed by atoms with Crippen molar-refractivity contribution < 1.29 is 42.9 Å². The summed E-state index contributed by atoms with van der Waals surface area (Å²) in [7, 11) is 5.88. The Morgan fingerprint density at radius 1 is 0.674 bits per heavy atom. The topological polar surface area (TPSA) is 111 Å². The smallest absolute Gasteiger partial charge is 0.306 e. The summed E-state index contributed by atoms with van der Waals surface area (Å²) in [5.41, 5.74) is 0. The van der Waals surface area contributed by atoms with Crippen LogP contribution in [-0.4, -0.2) is 82.3 Å². The molecule has 0 saturated carbocycles. The molecule has 0 aliphatic rings. The lowest BCUT2D eigenvalue weighted by atomic mass is 10.1. The second-order valence-corrected chi connectivity index (χ2v) is 12.5. The van der Waals surface area contributed by atoms with Gasteiger partial charge in [-0.1, -0.05) is 96.6 Å². The molecule has 9 heteroatoms. The number of esters is 2. The number of hydrogen-bond acceptors (Lipinski definition) is 8. The number of carboxylic acid groups (broad SMARTS) is 1. The van der Waals surface area contributed by atoms with Crippen molar-refractivity contribution in [1.29, 1.82) is 0 Å². The van der Waals surface area contributed by atoms with Gasteiger partial charge in [-0.2, -0.15) is 0 Å².